The van der Waals surface area contributed by atoms with E-state index in [1.165, 1.54) is 37.9 Å². The summed E-state index contributed by atoms with van der Waals surface area (Å²) in [5.74, 6) is 2.66. The molecule has 1 aromatic carbocycles. The van der Waals surface area contributed by atoms with Gasteiger partial charge in [-0.3, -0.25) is 0 Å². The third-order valence-electron chi connectivity index (χ3n) is 4.74. The van der Waals surface area contributed by atoms with E-state index < -0.39 is 0 Å². The Bertz CT molecular complexity index is 415. The van der Waals surface area contributed by atoms with E-state index in [1.807, 2.05) is 12.1 Å². The maximum atomic E-state index is 5.43. The van der Waals surface area contributed by atoms with Crippen molar-refractivity contribution in [2.45, 2.75) is 32.7 Å². The van der Waals surface area contributed by atoms with E-state index in [9.17, 15) is 0 Å². The molecule has 0 radical (unpaired) electrons. The number of piperidine rings is 1. The average molecular weight is 290 g/mol. The highest BCUT2D eigenvalue weighted by molar-refractivity contribution is 5.32. The fourth-order valence-corrected chi connectivity index (χ4v) is 3.23. The molecular weight excluding hydrogens is 260 g/mol. The van der Waals surface area contributed by atoms with Crippen LogP contribution in [0.3, 0.4) is 0 Å². The van der Waals surface area contributed by atoms with Gasteiger partial charge in [0.2, 0.25) is 0 Å². The quantitative estimate of drug-likeness (QED) is 0.835. The molecule has 118 valence electrons. The van der Waals surface area contributed by atoms with E-state index in [1.54, 1.807) is 7.11 Å². The van der Waals surface area contributed by atoms with Gasteiger partial charge < -0.3 is 15.0 Å². The van der Waals surface area contributed by atoms with Gasteiger partial charge in [-0.1, -0.05) is 25.1 Å². The molecule has 3 heteroatoms. The zero-order valence-electron chi connectivity index (χ0n) is 13.8. The summed E-state index contributed by atoms with van der Waals surface area (Å²) in [7, 11) is 3.95. The van der Waals surface area contributed by atoms with Crippen molar-refractivity contribution in [3.05, 3.63) is 29.8 Å². The van der Waals surface area contributed by atoms with Gasteiger partial charge in [-0.15, -0.1) is 0 Å². The number of para-hydroxylation sites is 1. The van der Waals surface area contributed by atoms with Crippen molar-refractivity contribution in [1.82, 2.24) is 10.2 Å². The van der Waals surface area contributed by atoms with Crippen molar-refractivity contribution in [1.29, 1.82) is 0 Å². The third kappa shape index (κ3) is 5.01. The lowest BCUT2D eigenvalue weighted by Gasteiger charge is -2.29. The van der Waals surface area contributed by atoms with Crippen LogP contribution in [0, 0.1) is 11.8 Å². The van der Waals surface area contributed by atoms with Crippen molar-refractivity contribution in [2.75, 3.05) is 33.8 Å². The topological polar surface area (TPSA) is 24.5 Å². The first-order valence-corrected chi connectivity index (χ1v) is 8.22. The SMILES string of the molecule is COc1ccccc1CN(C)CCC(C)C1CCCNC1. The Morgan fingerprint density at radius 2 is 2.19 bits per heavy atom. The summed E-state index contributed by atoms with van der Waals surface area (Å²) in [6.07, 6.45) is 4.01. The molecule has 2 atom stereocenters. The highest BCUT2D eigenvalue weighted by Crippen LogP contribution is 2.23. The van der Waals surface area contributed by atoms with Crippen LogP contribution in [0.4, 0.5) is 0 Å². The molecule has 2 rings (SSSR count). The van der Waals surface area contributed by atoms with Crippen LogP contribution in [0.5, 0.6) is 5.75 Å². The van der Waals surface area contributed by atoms with Crippen molar-refractivity contribution < 1.29 is 4.74 Å². The summed E-state index contributed by atoms with van der Waals surface area (Å²) in [4.78, 5) is 2.41. The molecule has 1 aliphatic heterocycles. The second-order valence-corrected chi connectivity index (χ2v) is 6.42. The predicted molar refractivity (Wildman–Crippen MR) is 88.7 cm³/mol. The lowest BCUT2D eigenvalue weighted by molar-refractivity contribution is 0.228. The molecule has 0 saturated carbocycles. The van der Waals surface area contributed by atoms with Gasteiger partial charge in [-0.2, -0.15) is 0 Å². The number of rotatable bonds is 7. The molecular formula is C18H30N2O. The molecule has 21 heavy (non-hydrogen) atoms. The van der Waals surface area contributed by atoms with Gasteiger partial charge in [0.05, 0.1) is 7.11 Å². The van der Waals surface area contributed by atoms with Gasteiger partial charge >= 0.3 is 0 Å². The van der Waals surface area contributed by atoms with E-state index in [0.717, 1.165) is 30.7 Å². The summed E-state index contributed by atoms with van der Waals surface area (Å²) in [5, 5.41) is 3.53. The van der Waals surface area contributed by atoms with Gasteiger partial charge in [-0.05, 0) is 63.8 Å². The molecule has 1 aliphatic rings. The molecule has 1 aromatic rings. The second-order valence-electron chi connectivity index (χ2n) is 6.42. The lowest BCUT2D eigenvalue weighted by Crippen LogP contribution is -2.34. The Labute approximate surface area is 129 Å². The Balaban J connectivity index is 1.77. The van der Waals surface area contributed by atoms with E-state index in [2.05, 4.69) is 36.3 Å². The van der Waals surface area contributed by atoms with E-state index >= 15 is 0 Å². The van der Waals surface area contributed by atoms with Crippen LogP contribution >= 0.6 is 0 Å². The van der Waals surface area contributed by atoms with Crippen LogP contribution in [0.15, 0.2) is 24.3 Å². The Kier molecular flexibility index (Phi) is 6.52. The fourth-order valence-electron chi connectivity index (χ4n) is 3.23. The van der Waals surface area contributed by atoms with Crippen LogP contribution < -0.4 is 10.1 Å². The first-order chi connectivity index (χ1) is 10.2. The largest absolute Gasteiger partial charge is 0.496 e. The number of nitrogens with one attached hydrogen (secondary N) is 1. The average Bonchev–Trinajstić information content (AvgIpc) is 2.54. The number of nitrogens with zero attached hydrogens (tertiary/aromatic N) is 1. The number of hydrogen-bond acceptors (Lipinski definition) is 3. The molecule has 0 amide bonds. The summed E-state index contributed by atoms with van der Waals surface area (Å²) in [6, 6.07) is 8.31. The zero-order chi connectivity index (χ0) is 15.1. The maximum Gasteiger partial charge on any atom is 0.123 e. The Morgan fingerprint density at radius 1 is 1.38 bits per heavy atom. The molecule has 1 saturated heterocycles. The third-order valence-corrected chi connectivity index (χ3v) is 4.74. The molecule has 0 aliphatic carbocycles. The first-order valence-electron chi connectivity index (χ1n) is 8.22. The van der Waals surface area contributed by atoms with Crippen molar-refractivity contribution >= 4 is 0 Å². The Morgan fingerprint density at radius 3 is 2.90 bits per heavy atom. The molecule has 0 bridgehead atoms. The van der Waals surface area contributed by atoms with Crippen LogP contribution in [-0.4, -0.2) is 38.7 Å². The molecule has 1 N–H and O–H groups in total. The monoisotopic (exact) mass is 290 g/mol. The number of hydrogen-bond donors (Lipinski definition) is 1. The molecule has 2 unspecified atom stereocenters. The van der Waals surface area contributed by atoms with Gasteiger partial charge in [0.15, 0.2) is 0 Å². The summed E-state index contributed by atoms with van der Waals surface area (Å²) >= 11 is 0. The van der Waals surface area contributed by atoms with Gasteiger partial charge in [-0.25, -0.2) is 0 Å². The smallest absolute Gasteiger partial charge is 0.123 e. The fraction of sp³-hybridized carbons (Fsp3) is 0.667. The Hall–Kier alpha value is -1.06. The molecule has 0 aromatic heterocycles. The van der Waals surface area contributed by atoms with Crippen LogP contribution in [-0.2, 0) is 6.54 Å². The predicted octanol–water partition coefficient (Wildman–Crippen LogP) is 3.15. The van der Waals surface area contributed by atoms with Crippen molar-refractivity contribution in [3.63, 3.8) is 0 Å². The lowest BCUT2D eigenvalue weighted by atomic mass is 9.85. The van der Waals surface area contributed by atoms with E-state index in [4.69, 9.17) is 4.74 Å². The minimum atomic E-state index is 0.804. The zero-order valence-corrected chi connectivity index (χ0v) is 13.8. The molecule has 1 heterocycles. The highest BCUT2D eigenvalue weighted by atomic mass is 16.5. The number of benzene rings is 1. The highest BCUT2D eigenvalue weighted by Gasteiger charge is 2.20. The summed E-state index contributed by atoms with van der Waals surface area (Å²) < 4.78 is 5.43. The first kappa shape index (κ1) is 16.3. The van der Waals surface area contributed by atoms with Crippen molar-refractivity contribution in [3.8, 4) is 5.75 Å². The summed E-state index contributed by atoms with van der Waals surface area (Å²) in [6.45, 7) is 6.93. The maximum absolute atomic E-state index is 5.43. The van der Waals surface area contributed by atoms with Crippen LogP contribution in [0.1, 0.15) is 31.7 Å². The molecule has 1 fully saturated rings. The minimum Gasteiger partial charge on any atom is -0.496 e. The van der Waals surface area contributed by atoms with Crippen LogP contribution in [0.25, 0.3) is 0 Å². The molecule has 0 spiro atoms. The summed E-state index contributed by atoms with van der Waals surface area (Å²) in [5.41, 5.74) is 1.27. The second kappa shape index (κ2) is 8.40. The minimum absolute atomic E-state index is 0.804. The van der Waals surface area contributed by atoms with Gasteiger partial charge in [0.25, 0.3) is 0 Å². The van der Waals surface area contributed by atoms with E-state index in [-0.39, 0.29) is 0 Å². The standard InChI is InChI=1S/C18H30N2O/c1-15(16-8-6-11-19-13-16)10-12-20(2)14-17-7-4-5-9-18(17)21-3/h4-5,7,9,15-16,19H,6,8,10-14H2,1-3H3. The van der Waals surface area contributed by atoms with Gasteiger partial charge in [0, 0.05) is 12.1 Å². The molecule has 3 nitrogen and oxygen atoms in total. The normalized spacial score (nSPS) is 20.5. The van der Waals surface area contributed by atoms with Crippen molar-refractivity contribution in [2.24, 2.45) is 11.8 Å². The number of ether oxygens (including phenoxy) is 1. The number of methoxy groups -OCH3 is 1. The van der Waals surface area contributed by atoms with Gasteiger partial charge in [0.1, 0.15) is 5.75 Å². The van der Waals surface area contributed by atoms with E-state index in [0.29, 0.717) is 0 Å². The van der Waals surface area contributed by atoms with Crippen LogP contribution in [0.2, 0.25) is 0 Å².